The van der Waals surface area contributed by atoms with E-state index in [4.69, 9.17) is 4.74 Å². The Morgan fingerprint density at radius 2 is 1.97 bits per heavy atom. The molecule has 30 heavy (non-hydrogen) atoms. The number of methoxy groups -OCH3 is 1. The monoisotopic (exact) mass is 421 g/mol. The van der Waals surface area contributed by atoms with Gasteiger partial charge in [-0.2, -0.15) is 10.2 Å². The third kappa shape index (κ3) is 3.45. The maximum Gasteiger partial charge on any atom is 0.155 e. The molecule has 0 bridgehead atoms. The second-order valence-electron chi connectivity index (χ2n) is 7.24. The van der Waals surface area contributed by atoms with Crippen molar-refractivity contribution in [3.8, 4) is 11.6 Å². The number of anilines is 2. The van der Waals surface area contributed by atoms with Crippen LogP contribution in [0.5, 0.6) is 5.75 Å². The van der Waals surface area contributed by atoms with Crippen molar-refractivity contribution in [1.29, 1.82) is 0 Å². The summed E-state index contributed by atoms with van der Waals surface area (Å²) in [6.45, 7) is 2.21. The first kappa shape index (κ1) is 18.8. The highest BCUT2D eigenvalue weighted by molar-refractivity contribution is 8.00. The molecular weight excluding hydrogens is 398 g/mol. The van der Waals surface area contributed by atoms with Crippen LogP contribution in [-0.2, 0) is 7.05 Å². The molecule has 4 aromatic rings. The van der Waals surface area contributed by atoms with E-state index in [2.05, 4.69) is 36.9 Å². The smallest absolute Gasteiger partial charge is 0.155 e. The van der Waals surface area contributed by atoms with Crippen molar-refractivity contribution in [3.63, 3.8) is 0 Å². The number of aromatic nitrogens is 5. The van der Waals surface area contributed by atoms with Crippen molar-refractivity contribution in [3.05, 3.63) is 49.1 Å². The fourth-order valence-electron chi connectivity index (χ4n) is 3.82. The number of rotatable bonds is 6. The van der Waals surface area contributed by atoms with E-state index in [1.807, 2.05) is 53.3 Å². The third-order valence-electron chi connectivity index (χ3n) is 5.35. The van der Waals surface area contributed by atoms with Crippen LogP contribution in [0, 0.1) is 0 Å². The number of benzene rings is 1. The van der Waals surface area contributed by atoms with Crippen LogP contribution >= 0.6 is 11.9 Å². The van der Waals surface area contributed by atoms with Gasteiger partial charge in [-0.3, -0.25) is 4.68 Å². The molecule has 0 atom stereocenters. The Bertz CT molecular complexity index is 1180. The Morgan fingerprint density at radius 3 is 2.80 bits per heavy atom. The summed E-state index contributed by atoms with van der Waals surface area (Å²) in [5.74, 6) is 1.59. The molecule has 0 amide bonds. The van der Waals surface area contributed by atoms with Gasteiger partial charge in [-0.1, -0.05) is 0 Å². The summed E-state index contributed by atoms with van der Waals surface area (Å²) in [6, 6.07) is 8.12. The first-order valence-corrected chi connectivity index (χ1v) is 10.7. The SMILES string of the molecule is COc1ccc2cnn(C)c2c1NSc1cnn(-c2cc(N3CCCC3)ccn2)c1. The Kier molecular flexibility index (Phi) is 4.96. The van der Waals surface area contributed by atoms with E-state index in [1.54, 1.807) is 7.11 Å². The molecular formula is C21H23N7OS. The van der Waals surface area contributed by atoms with Crippen molar-refractivity contribution in [2.24, 2.45) is 7.05 Å². The number of hydrogen-bond acceptors (Lipinski definition) is 7. The van der Waals surface area contributed by atoms with Crippen molar-refractivity contribution >= 4 is 34.2 Å². The molecule has 4 heterocycles. The van der Waals surface area contributed by atoms with Crippen LogP contribution in [0.4, 0.5) is 11.4 Å². The number of ether oxygens (including phenoxy) is 1. The highest BCUT2D eigenvalue weighted by atomic mass is 32.2. The number of nitrogens with one attached hydrogen (secondary N) is 1. The van der Waals surface area contributed by atoms with Gasteiger partial charge in [0.15, 0.2) is 5.82 Å². The largest absolute Gasteiger partial charge is 0.494 e. The molecule has 0 spiro atoms. The molecule has 1 fully saturated rings. The zero-order chi connectivity index (χ0) is 20.5. The summed E-state index contributed by atoms with van der Waals surface area (Å²) in [4.78, 5) is 7.87. The van der Waals surface area contributed by atoms with Crippen molar-refractivity contribution < 1.29 is 4.74 Å². The molecule has 8 nitrogen and oxygen atoms in total. The first-order valence-electron chi connectivity index (χ1n) is 9.90. The van der Waals surface area contributed by atoms with Gasteiger partial charge in [0, 0.05) is 49.7 Å². The van der Waals surface area contributed by atoms with E-state index in [0.717, 1.165) is 46.1 Å². The zero-order valence-corrected chi connectivity index (χ0v) is 17.8. The molecule has 1 saturated heterocycles. The van der Waals surface area contributed by atoms with Crippen LogP contribution in [-0.4, -0.2) is 44.7 Å². The normalized spacial score (nSPS) is 13.9. The molecule has 0 saturated carbocycles. The summed E-state index contributed by atoms with van der Waals surface area (Å²) >= 11 is 1.48. The Labute approximate surface area is 179 Å². The van der Waals surface area contributed by atoms with Crippen molar-refractivity contribution in [2.75, 3.05) is 29.8 Å². The lowest BCUT2D eigenvalue weighted by molar-refractivity contribution is 0.417. The molecule has 0 unspecified atom stereocenters. The zero-order valence-electron chi connectivity index (χ0n) is 16.9. The number of pyridine rings is 1. The molecule has 1 aliphatic heterocycles. The van der Waals surface area contributed by atoms with Gasteiger partial charge in [-0.25, -0.2) is 9.67 Å². The quantitative estimate of drug-likeness (QED) is 0.474. The van der Waals surface area contributed by atoms with Crippen LogP contribution in [0.25, 0.3) is 16.7 Å². The van der Waals surface area contributed by atoms with Gasteiger partial charge < -0.3 is 14.4 Å². The summed E-state index contributed by atoms with van der Waals surface area (Å²) in [5.41, 5.74) is 3.09. The molecule has 9 heteroatoms. The predicted molar refractivity (Wildman–Crippen MR) is 120 cm³/mol. The maximum atomic E-state index is 5.55. The fourth-order valence-corrected chi connectivity index (χ4v) is 4.49. The molecule has 154 valence electrons. The van der Waals surface area contributed by atoms with E-state index in [9.17, 15) is 0 Å². The van der Waals surface area contributed by atoms with Crippen molar-refractivity contribution in [1.82, 2.24) is 24.5 Å². The summed E-state index contributed by atoms with van der Waals surface area (Å²) in [7, 11) is 3.60. The highest BCUT2D eigenvalue weighted by Crippen LogP contribution is 2.36. The van der Waals surface area contributed by atoms with Gasteiger partial charge in [-0.15, -0.1) is 0 Å². The molecule has 0 radical (unpaired) electrons. The van der Waals surface area contributed by atoms with Gasteiger partial charge >= 0.3 is 0 Å². The van der Waals surface area contributed by atoms with Crippen LogP contribution < -0.4 is 14.4 Å². The Morgan fingerprint density at radius 1 is 1.10 bits per heavy atom. The molecule has 3 aromatic heterocycles. The molecule has 5 rings (SSSR count). The fraction of sp³-hybridized carbons (Fsp3) is 0.286. The van der Waals surface area contributed by atoms with Crippen LogP contribution in [0.2, 0.25) is 0 Å². The third-order valence-corrected chi connectivity index (χ3v) is 6.10. The lowest BCUT2D eigenvalue weighted by atomic mass is 10.2. The van der Waals surface area contributed by atoms with Crippen molar-refractivity contribution in [2.45, 2.75) is 17.7 Å². The van der Waals surface area contributed by atoms with Gasteiger partial charge in [0.05, 0.1) is 29.9 Å². The number of fused-ring (bicyclic) bond motifs is 1. The molecule has 1 aliphatic rings. The van der Waals surface area contributed by atoms with Crippen LogP contribution in [0.15, 0.2) is 53.9 Å². The van der Waals surface area contributed by atoms with Gasteiger partial charge in [0.1, 0.15) is 11.4 Å². The minimum Gasteiger partial charge on any atom is -0.494 e. The minimum atomic E-state index is 0.769. The Hall–Kier alpha value is -3.20. The van der Waals surface area contributed by atoms with E-state index in [1.165, 1.54) is 30.5 Å². The van der Waals surface area contributed by atoms with E-state index in [0.29, 0.717) is 0 Å². The standard InChI is InChI=1S/C21H23N7OS/c1-26-21-15(12-23-26)5-6-18(29-2)20(21)25-30-17-13-24-28(14-17)19-11-16(7-8-22-19)27-9-3-4-10-27/h5-8,11-14,25H,3-4,9-10H2,1-2H3. The van der Waals surface area contributed by atoms with Gasteiger partial charge in [0.2, 0.25) is 0 Å². The Balaban J connectivity index is 1.37. The molecule has 1 aromatic carbocycles. The second kappa shape index (κ2) is 7.91. The number of aryl methyl sites for hydroxylation is 1. The van der Waals surface area contributed by atoms with E-state index >= 15 is 0 Å². The summed E-state index contributed by atoms with van der Waals surface area (Å²) in [5, 5.41) is 9.92. The van der Waals surface area contributed by atoms with E-state index < -0.39 is 0 Å². The van der Waals surface area contributed by atoms with Crippen LogP contribution in [0.3, 0.4) is 0 Å². The van der Waals surface area contributed by atoms with Gasteiger partial charge in [-0.05, 0) is 43.0 Å². The first-order chi connectivity index (χ1) is 14.7. The highest BCUT2D eigenvalue weighted by Gasteiger charge is 2.15. The van der Waals surface area contributed by atoms with E-state index in [-0.39, 0.29) is 0 Å². The van der Waals surface area contributed by atoms with Gasteiger partial charge in [0.25, 0.3) is 0 Å². The molecule has 0 aliphatic carbocycles. The lowest BCUT2D eigenvalue weighted by Gasteiger charge is -2.17. The number of hydrogen-bond donors (Lipinski definition) is 1. The minimum absolute atomic E-state index is 0.769. The summed E-state index contributed by atoms with van der Waals surface area (Å²) < 4.78 is 12.6. The average Bonchev–Trinajstić information content (AvgIpc) is 3.54. The number of nitrogens with zero attached hydrogens (tertiary/aromatic N) is 6. The average molecular weight is 422 g/mol. The van der Waals surface area contributed by atoms with Crippen LogP contribution in [0.1, 0.15) is 12.8 Å². The summed E-state index contributed by atoms with van der Waals surface area (Å²) in [6.07, 6.45) is 10.0. The molecule has 1 N–H and O–H groups in total. The predicted octanol–water partition coefficient (Wildman–Crippen LogP) is 3.88. The maximum absolute atomic E-state index is 5.55. The second-order valence-corrected chi connectivity index (χ2v) is 8.12. The topological polar surface area (TPSA) is 73.0 Å². The lowest BCUT2D eigenvalue weighted by Crippen LogP contribution is -2.17.